The Bertz CT molecular complexity index is 1050. The fourth-order valence-corrected chi connectivity index (χ4v) is 3.15. The average molecular weight is 330 g/mol. The Labute approximate surface area is 145 Å². The molecule has 0 fully saturated rings. The molecular formula is C20H18N4O. The zero-order chi connectivity index (χ0) is 17.4. The van der Waals surface area contributed by atoms with Crippen molar-refractivity contribution in [3.63, 3.8) is 0 Å². The molecule has 0 spiro atoms. The van der Waals surface area contributed by atoms with Crippen molar-refractivity contribution in [3.8, 4) is 17.0 Å². The molecule has 4 rings (SSSR count). The van der Waals surface area contributed by atoms with E-state index in [1.165, 1.54) is 16.7 Å². The summed E-state index contributed by atoms with van der Waals surface area (Å²) < 4.78 is 1.74. The summed E-state index contributed by atoms with van der Waals surface area (Å²) in [5, 5.41) is 14.3. The predicted octanol–water partition coefficient (Wildman–Crippen LogP) is 3.70. The number of aromatic hydroxyl groups is 1. The second-order valence-corrected chi connectivity index (χ2v) is 6.30. The monoisotopic (exact) mass is 330 g/mol. The lowest BCUT2D eigenvalue weighted by atomic mass is 10.1. The van der Waals surface area contributed by atoms with Crippen molar-refractivity contribution in [2.75, 3.05) is 0 Å². The fraction of sp³-hybridized carbons (Fsp3) is 0.150. The molecule has 5 heteroatoms. The van der Waals surface area contributed by atoms with E-state index >= 15 is 0 Å². The minimum absolute atomic E-state index is 0.205. The Balaban J connectivity index is 1.77. The lowest BCUT2D eigenvalue weighted by Gasteiger charge is -2.02. The number of phenolic OH excluding ortho intramolecular Hbond substituents is 1. The van der Waals surface area contributed by atoms with Gasteiger partial charge in [0.25, 0.3) is 0 Å². The van der Waals surface area contributed by atoms with Gasteiger partial charge in [-0.15, -0.1) is 0 Å². The lowest BCUT2D eigenvalue weighted by Crippen LogP contribution is -1.94. The van der Waals surface area contributed by atoms with E-state index in [1.807, 2.05) is 6.07 Å². The van der Waals surface area contributed by atoms with Crippen molar-refractivity contribution in [3.05, 3.63) is 77.4 Å². The van der Waals surface area contributed by atoms with Gasteiger partial charge in [-0.25, -0.2) is 9.50 Å². The third-order valence-electron chi connectivity index (χ3n) is 4.06. The van der Waals surface area contributed by atoms with E-state index in [0.29, 0.717) is 17.8 Å². The van der Waals surface area contributed by atoms with E-state index in [4.69, 9.17) is 0 Å². The highest BCUT2D eigenvalue weighted by Gasteiger charge is 2.12. The number of phenols is 1. The molecule has 25 heavy (non-hydrogen) atoms. The largest absolute Gasteiger partial charge is 0.508 e. The number of aromatic nitrogens is 4. The molecule has 0 amide bonds. The van der Waals surface area contributed by atoms with Gasteiger partial charge in [-0.1, -0.05) is 41.5 Å². The first kappa shape index (κ1) is 15.3. The van der Waals surface area contributed by atoms with Crippen molar-refractivity contribution >= 4 is 5.65 Å². The minimum Gasteiger partial charge on any atom is -0.508 e. The van der Waals surface area contributed by atoms with E-state index in [2.05, 4.69) is 47.1 Å². The predicted molar refractivity (Wildman–Crippen MR) is 96.6 cm³/mol. The number of aryl methyl sites for hydroxylation is 2. The summed E-state index contributed by atoms with van der Waals surface area (Å²) >= 11 is 0. The number of rotatable bonds is 3. The molecule has 5 nitrogen and oxygen atoms in total. The average Bonchev–Trinajstić information content (AvgIpc) is 2.96. The van der Waals surface area contributed by atoms with Crippen molar-refractivity contribution in [2.24, 2.45) is 0 Å². The number of nitrogens with zero attached hydrogens (tertiary/aromatic N) is 4. The summed E-state index contributed by atoms with van der Waals surface area (Å²) in [6.45, 7) is 4.19. The Kier molecular flexibility index (Phi) is 3.69. The summed E-state index contributed by atoms with van der Waals surface area (Å²) in [7, 11) is 0. The Morgan fingerprint density at radius 1 is 1.04 bits per heavy atom. The van der Waals surface area contributed by atoms with Gasteiger partial charge in [0.15, 0.2) is 11.5 Å². The minimum atomic E-state index is 0.205. The number of benzene rings is 2. The molecule has 0 aliphatic carbocycles. The van der Waals surface area contributed by atoms with Gasteiger partial charge >= 0.3 is 0 Å². The third kappa shape index (κ3) is 3.08. The zero-order valence-corrected chi connectivity index (χ0v) is 14.1. The topological polar surface area (TPSA) is 63.3 Å². The van der Waals surface area contributed by atoms with Crippen molar-refractivity contribution in [1.29, 1.82) is 0 Å². The quantitative estimate of drug-likeness (QED) is 0.622. The summed E-state index contributed by atoms with van der Waals surface area (Å²) in [6.07, 6.45) is 4.16. The molecule has 0 radical (unpaired) electrons. The summed E-state index contributed by atoms with van der Waals surface area (Å²) in [4.78, 5) is 9.11. The molecule has 0 atom stereocenters. The zero-order valence-electron chi connectivity index (χ0n) is 14.1. The van der Waals surface area contributed by atoms with Crippen LogP contribution in [0, 0.1) is 13.8 Å². The van der Waals surface area contributed by atoms with Crippen LogP contribution in [0.2, 0.25) is 0 Å². The first-order valence-electron chi connectivity index (χ1n) is 8.15. The summed E-state index contributed by atoms with van der Waals surface area (Å²) in [5.74, 6) is 0.954. The third-order valence-corrected chi connectivity index (χ3v) is 4.06. The SMILES string of the molecule is Cc1cc(C)cc(Cc2nc3c(-c4cccc(O)c4)nccn3n2)c1. The van der Waals surface area contributed by atoms with Crippen LogP contribution in [-0.2, 0) is 6.42 Å². The van der Waals surface area contributed by atoms with Gasteiger partial charge in [-0.3, -0.25) is 4.98 Å². The molecule has 124 valence electrons. The number of fused-ring (bicyclic) bond motifs is 1. The van der Waals surface area contributed by atoms with Crippen LogP contribution in [0.15, 0.2) is 54.9 Å². The Hall–Kier alpha value is -3.21. The summed E-state index contributed by atoms with van der Waals surface area (Å²) in [5.41, 5.74) is 5.88. The lowest BCUT2D eigenvalue weighted by molar-refractivity contribution is 0.475. The molecule has 0 saturated heterocycles. The van der Waals surface area contributed by atoms with Gasteiger partial charge in [0, 0.05) is 24.4 Å². The van der Waals surface area contributed by atoms with Crippen molar-refractivity contribution in [2.45, 2.75) is 20.3 Å². The van der Waals surface area contributed by atoms with Crippen LogP contribution >= 0.6 is 0 Å². The molecule has 4 aromatic rings. The molecular weight excluding hydrogens is 312 g/mol. The Morgan fingerprint density at radius 2 is 1.84 bits per heavy atom. The van der Waals surface area contributed by atoms with Crippen molar-refractivity contribution < 1.29 is 5.11 Å². The molecule has 0 bridgehead atoms. The molecule has 0 unspecified atom stereocenters. The van der Waals surface area contributed by atoms with Crippen LogP contribution in [0.1, 0.15) is 22.5 Å². The molecule has 2 aromatic carbocycles. The first-order valence-corrected chi connectivity index (χ1v) is 8.15. The molecule has 0 saturated carbocycles. The first-order chi connectivity index (χ1) is 12.1. The maximum Gasteiger partial charge on any atom is 0.181 e. The summed E-state index contributed by atoms with van der Waals surface area (Å²) in [6, 6.07) is 13.5. The number of hydrogen-bond acceptors (Lipinski definition) is 4. The van der Waals surface area contributed by atoms with Crippen LogP contribution in [-0.4, -0.2) is 24.7 Å². The second kappa shape index (κ2) is 6.02. The van der Waals surface area contributed by atoms with E-state index in [9.17, 15) is 5.11 Å². The van der Waals surface area contributed by atoms with Crippen LogP contribution in [0.25, 0.3) is 16.9 Å². The highest BCUT2D eigenvalue weighted by molar-refractivity contribution is 5.74. The second-order valence-electron chi connectivity index (χ2n) is 6.30. The maximum absolute atomic E-state index is 9.73. The Morgan fingerprint density at radius 3 is 2.60 bits per heavy atom. The van der Waals surface area contributed by atoms with E-state index in [0.717, 1.165) is 11.4 Å². The van der Waals surface area contributed by atoms with E-state index in [1.54, 1.807) is 35.1 Å². The van der Waals surface area contributed by atoms with Gasteiger partial charge in [0.1, 0.15) is 11.4 Å². The van der Waals surface area contributed by atoms with Crippen molar-refractivity contribution in [1.82, 2.24) is 19.6 Å². The van der Waals surface area contributed by atoms with Gasteiger partial charge in [-0.05, 0) is 31.5 Å². The highest BCUT2D eigenvalue weighted by Crippen LogP contribution is 2.24. The number of hydrogen-bond donors (Lipinski definition) is 1. The van der Waals surface area contributed by atoms with Gasteiger partial charge in [-0.2, -0.15) is 5.10 Å². The van der Waals surface area contributed by atoms with Gasteiger partial charge in [0.2, 0.25) is 0 Å². The molecule has 1 N–H and O–H groups in total. The fourth-order valence-electron chi connectivity index (χ4n) is 3.15. The molecule has 2 heterocycles. The van der Waals surface area contributed by atoms with Crippen LogP contribution in [0.4, 0.5) is 0 Å². The molecule has 2 aromatic heterocycles. The highest BCUT2D eigenvalue weighted by atomic mass is 16.3. The normalized spacial score (nSPS) is 11.1. The smallest absolute Gasteiger partial charge is 0.181 e. The van der Waals surface area contributed by atoms with Crippen LogP contribution in [0.5, 0.6) is 5.75 Å². The van der Waals surface area contributed by atoms with E-state index in [-0.39, 0.29) is 5.75 Å². The van der Waals surface area contributed by atoms with Gasteiger partial charge in [0.05, 0.1) is 0 Å². The molecule has 0 aliphatic rings. The van der Waals surface area contributed by atoms with Crippen LogP contribution < -0.4 is 0 Å². The van der Waals surface area contributed by atoms with E-state index < -0.39 is 0 Å². The van der Waals surface area contributed by atoms with Gasteiger partial charge < -0.3 is 5.11 Å². The standard InChI is InChI=1S/C20H18N4O/c1-13-8-14(2)10-15(9-13)11-18-22-20-19(21-6-7-24(20)23-18)16-4-3-5-17(25)12-16/h3-10,12,25H,11H2,1-2H3. The van der Waals surface area contributed by atoms with Crippen LogP contribution in [0.3, 0.4) is 0 Å². The maximum atomic E-state index is 9.73. The molecule has 0 aliphatic heterocycles.